The standard InChI is InChI=1S/C23H29N5/c1-28(2)17-9-15-24-22-18-21(20-12-7-4-8-13-20)26-23(27-22)25-16-14-19-10-5-3-6-11-19/h3-8,10-13,18H,9,14-17H2,1-2H3,(H2,24,25,26,27). The number of nitrogens with zero attached hydrogens (tertiary/aromatic N) is 3. The normalized spacial score (nSPS) is 10.8. The van der Waals surface area contributed by atoms with Crippen LogP contribution in [0.1, 0.15) is 12.0 Å². The minimum atomic E-state index is 0.660. The second-order valence-electron chi connectivity index (χ2n) is 7.07. The minimum absolute atomic E-state index is 0.660. The summed E-state index contributed by atoms with van der Waals surface area (Å²) in [6.45, 7) is 2.72. The lowest BCUT2D eigenvalue weighted by Gasteiger charge is -2.13. The van der Waals surface area contributed by atoms with Gasteiger partial charge in [0.1, 0.15) is 5.82 Å². The van der Waals surface area contributed by atoms with Crippen molar-refractivity contribution in [3.05, 3.63) is 72.3 Å². The molecule has 0 atom stereocenters. The van der Waals surface area contributed by atoms with Gasteiger partial charge < -0.3 is 15.5 Å². The van der Waals surface area contributed by atoms with Gasteiger partial charge in [0.05, 0.1) is 5.69 Å². The van der Waals surface area contributed by atoms with E-state index in [1.54, 1.807) is 0 Å². The lowest BCUT2D eigenvalue weighted by Crippen LogP contribution is -2.17. The highest BCUT2D eigenvalue weighted by molar-refractivity contribution is 5.64. The predicted molar refractivity (Wildman–Crippen MR) is 118 cm³/mol. The molecule has 1 heterocycles. The third kappa shape index (κ3) is 6.35. The van der Waals surface area contributed by atoms with Gasteiger partial charge in [-0.05, 0) is 39.0 Å². The minimum Gasteiger partial charge on any atom is -0.370 e. The van der Waals surface area contributed by atoms with Crippen LogP contribution in [0.4, 0.5) is 11.8 Å². The molecular formula is C23H29N5. The van der Waals surface area contributed by atoms with E-state index in [4.69, 9.17) is 4.98 Å². The molecule has 0 unspecified atom stereocenters. The second-order valence-corrected chi connectivity index (χ2v) is 7.07. The fraction of sp³-hybridized carbons (Fsp3) is 0.304. The first-order chi connectivity index (χ1) is 13.7. The zero-order chi connectivity index (χ0) is 19.6. The van der Waals surface area contributed by atoms with Gasteiger partial charge in [-0.3, -0.25) is 0 Å². The molecule has 0 fully saturated rings. The van der Waals surface area contributed by atoms with Crippen LogP contribution in [-0.2, 0) is 6.42 Å². The van der Waals surface area contributed by atoms with Crippen LogP contribution in [0.25, 0.3) is 11.3 Å². The highest BCUT2D eigenvalue weighted by Gasteiger charge is 2.07. The summed E-state index contributed by atoms with van der Waals surface area (Å²) < 4.78 is 0. The Morgan fingerprint density at radius 2 is 1.54 bits per heavy atom. The Morgan fingerprint density at radius 3 is 2.25 bits per heavy atom. The third-order valence-corrected chi connectivity index (χ3v) is 4.42. The summed E-state index contributed by atoms with van der Waals surface area (Å²) in [5.41, 5.74) is 3.32. The number of aromatic nitrogens is 2. The van der Waals surface area contributed by atoms with Gasteiger partial charge in [0.25, 0.3) is 0 Å². The average molecular weight is 376 g/mol. The first kappa shape index (κ1) is 19.8. The molecule has 3 rings (SSSR count). The van der Waals surface area contributed by atoms with Crippen molar-refractivity contribution in [1.82, 2.24) is 14.9 Å². The summed E-state index contributed by atoms with van der Waals surface area (Å²) in [5.74, 6) is 1.52. The molecule has 3 aromatic rings. The maximum absolute atomic E-state index is 4.72. The van der Waals surface area contributed by atoms with Crippen molar-refractivity contribution in [2.24, 2.45) is 0 Å². The fourth-order valence-corrected chi connectivity index (χ4v) is 2.95. The molecule has 1 aromatic heterocycles. The van der Waals surface area contributed by atoms with Crippen molar-refractivity contribution in [1.29, 1.82) is 0 Å². The van der Waals surface area contributed by atoms with Crippen LogP contribution in [0.5, 0.6) is 0 Å². The smallest absolute Gasteiger partial charge is 0.225 e. The molecule has 0 radical (unpaired) electrons. The molecule has 2 aromatic carbocycles. The number of benzene rings is 2. The Kier molecular flexibility index (Phi) is 7.38. The van der Waals surface area contributed by atoms with Crippen LogP contribution in [0, 0.1) is 0 Å². The Bertz CT molecular complexity index is 834. The quantitative estimate of drug-likeness (QED) is 0.521. The Labute approximate surface area is 167 Å². The van der Waals surface area contributed by atoms with Gasteiger partial charge in [0.15, 0.2) is 0 Å². The molecule has 0 aliphatic rings. The monoisotopic (exact) mass is 375 g/mol. The van der Waals surface area contributed by atoms with Gasteiger partial charge >= 0.3 is 0 Å². The molecular weight excluding hydrogens is 346 g/mol. The van der Waals surface area contributed by atoms with Gasteiger partial charge in [-0.15, -0.1) is 0 Å². The number of rotatable bonds is 10. The number of hydrogen-bond donors (Lipinski definition) is 2. The molecule has 0 saturated heterocycles. The predicted octanol–water partition coefficient (Wildman–Crippen LogP) is 4.16. The van der Waals surface area contributed by atoms with E-state index in [0.717, 1.165) is 49.6 Å². The summed E-state index contributed by atoms with van der Waals surface area (Å²) in [6.07, 6.45) is 2.00. The first-order valence-corrected chi connectivity index (χ1v) is 9.81. The number of nitrogens with one attached hydrogen (secondary N) is 2. The van der Waals surface area contributed by atoms with Crippen LogP contribution in [0.15, 0.2) is 66.7 Å². The van der Waals surface area contributed by atoms with Crippen LogP contribution in [0.3, 0.4) is 0 Å². The molecule has 28 heavy (non-hydrogen) atoms. The molecule has 0 aliphatic heterocycles. The third-order valence-electron chi connectivity index (χ3n) is 4.42. The molecule has 5 heteroatoms. The molecule has 5 nitrogen and oxygen atoms in total. The van der Waals surface area contributed by atoms with Crippen molar-refractivity contribution in [2.75, 3.05) is 44.4 Å². The molecule has 146 valence electrons. The summed E-state index contributed by atoms with van der Waals surface area (Å²) in [4.78, 5) is 11.6. The zero-order valence-electron chi connectivity index (χ0n) is 16.7. The molecule has 0 amide bonds. The Morgan fingerprint density at radius 1 is 0.821 bits per heavy atom. The van der Waals surface area contributed by atoms with E-state index in [-0.39, 0.29) is 0 Å². The van der Waals surface area contributed by atoms with Gasteiger partial charge in [-0.25, -0.2) is 4.98 Å². The second kappa shape index (κ2) is 10.4. The van der Waals surface area contributed by atoms with Crippen LogP contribution in [0.2, 0.25) is 0 Å². The van der Waals surface area contributed by atoms with Gasteiger partial charge in [-0.2, -0.15) is 4.98 Å². The summed E-state index contributed by atoms with van der Waals surface area (Å²) in [5, 5.41) is 6.82. The van der Waals surface area contributed by atoms with E-state index < -0.39 is 0 Å². The van der Waals surface area contributed by atoms with Crippen LogP contribution < -0.4 is 10.6 Å². The van der Waals surface area contributed by atoms with E-state index in [0.29, 0.717) is 5.95 Å². The van der Waals surface area contributed by atoms with Gasteiger partial charge in [0.2, 0.25) is 5.95 Å². The lowest BCUT2D eigenvalue weighted by molar-refractivity contribution is 0.405. The van der Waals surface area contributed by atoms with E-state index in [2.05, 4.69) is 71.0 Å². The Balaban J connectivity index is 1.69. The Hall–Kier alpha value is -2.92. The van der Waals surface area contributed by atoms with Crippen molar-refractivity contribution < 1.29 is 0 Å². The summed E-state index contributed by atoms with van der Waals surface area (Å²) in [7, 11) is 4.18. The summed E-state index contributed by atoms with van der Waals surface area (Å²) >= 11 is 0. The van der Waals surface area contributed by atoms with E-state index in [1.807, 2.05) is 30.3 Å². The van der Waals surface area contributed by atoms with Crippen LogP contribution >= 0.6 is 0 Å². The lowest BCUT2D eigenvalue weighted by atomic mass is 10.1. The molecule has 0 bridgehead atoms. The maximum atomic E-state index is 4.72. The van der Waals surface area contributed by atoms with E-state index in [9.17, 15) is 0 Å². The van der Waals surface area contributed by atoms with Crippen molar-refractivity contribution in [2.45, 2.75) is 12.8 Å². The molecule has 0 aliphatic carbocycles. The van der Waals surface area contributed by atoms with Crippen molar-refractivity contribution >= 4 is 11.8 Å². The van der Waals surface area contributed by atoms with E-state index >= 15 is 0 Å². The SMILES string of the molecule is CN(C)CCCNc1cc(-c2ccccc2)nc(NCCc2ccccc2)n1. The molecule has 2 N–H and O–H groups in total. The fourth-order valence-electron chi connectivity index (χ4n) is 2.95. The number of anilines is 2. The zero-order valence-corrected chi connectivity index (χ0v) is 16.7. The number of hydrogen-bond acceptors (Lipinski definition) is 5. The molecule has 0 saturated carbocycles. The molecule has 0 spiro atoms. The van der Waals surface area contributed by atoms with Crippen LogP contribution in [-0.4, -0.2) is 48.6 Å². The van der Waals surface area contributed by atoms with E-state index in [1.165, 1.54) is 5.56 Å². The maximum Gasteiger partial charge on any atom is 0.225 e. The highest BCUT2D eigenvalue weighted by Crippen LogP contribution is 2.21. The largest absolute Gasteiger partial charge is 0.370 e. The van der Waals surface area contributed by atoms with Crippen molar-refractivity contribution in [3.63, 3.8) is 0 Å². The van der Waals surface area contributed by atoms with Gasteiger partial charge in [-0.1, -0.05) is 60.7 Å². The average Bonchev–Trinajstić information content (AvgIpc) is 2.72. The highest BCUT2D eigenvalue weighted by atomic mass is 15.1. The van der Waals surface area contributed by atoms with Gasteiger partial charge in [0, 0.05) is 24.7 Å². The topological polar surface area (TPSA) is 53.1 Å². The first-order valence-electron chi connectivity index (χ1n) is 9.81. The van der Waals surface area contributed by atoms with Crippen molar-refractivity contribution in [3.8, 4) is 11.3 Å². The summed E-state index contributed by atoms with van der Waals surface area (Å²) in [6, 6.07) is 22.7.